The molecule has 0 saturated carbocycles. The van der Waals surface area contributed by atoms with Crippen LogP contribution in [0, 0.1) is 5.92 Å². The molecular weight excluding hydrogens is 252 g/mol. The van der Waals surface area contributed by atoms with Gasteiger partial charge >= 0.3 is 0 Å². The predicted molar refractivity (Wildman–Crippen MR) is 67.1 cm³/mol. The smallest absolute Gasteiger partial charge is 0.0794 e. The van der Waals surface area contributed by atoms with Crippen molar-refractivity contribution in [2.75, 3.05) is 18.8 Å². The average Bonchev–Trinajstić information content (AvgIpc) is 2.76. The topological polar surface area (TPSA) is 42.0 Å². The van der Waals surface area contributed by atoms with Crippen LogP contribution in [0.1, 0.15) is 11.3 Å². The third kappa shape index (κ3) is 4.18. The van der Waals surface area contributed by atoms with Crippen molar-refractivity contribution in [1.29, 1.82) is 0 Å². The first-order valence-electron chi connectivity index (χ1n) is 4.77. The summed E-state index contributed by atoms with van der Waals surface area (Å²) in [6.45, 7) is 2.12. The summed E-state index contributed by atoms with van der Waals surface area (Å²) < 4.78 is 11.7. The highest BCUT2D eigenvalue weighted by Gasteiger charge is 2.17. The fourth-order valence-corrected chi connectivity index (χ4v) is 4.02. The molecule has 86 valence electrons. The van der Waals surface area contributed by atoms with E-state index in [1.807, 2.05) is 6.20 Å². The van der Waals surface area contributed by atoms with Gasteiger partial charge in [-0.25, -0.2) is 0 Å². The first kappa shape index (κ1) is 13.1. The van der Waals surface area contributed by atoms with Gasteiger partial charge in [-0.05, 0) is 25.4 Å². The molecule has 6 heteroatoms. The highest BCUT2D eigenvalue weighted by Crippen LogP contribution is 2.13. The monoisotopic (exact) mass is 266 g/mol. The minimum Gasteiger partial charge on any atom is -0.316 e. The van der Waals surface area contributed by atoms with Crippen LogP contribution in [0.4, 0.5) is 0 Å². The first-order valence-corrected chi connectivity index (χ1v) is 7.14. The molecule has 1 aromatic rings. The van der Waals surface area contributed by atoms with E-state index in [1.165, 1.54) is 6.42 Å². The molecule has 0 aromatic carbocycles. The summed E-state index contributed by atoms with van der Waals surface area (Å²) in [6, 6.07) is 0. The molecule has 0 spiro atoms. The Morgan fingerprint density at radius 1 is 1.67 bits per heavy atom. The molecule has 1 fully saturated rings. The van der Waals surface area contributed by atoms with E-state index in [9.17, 15) is 4.21 Å². The SMILES string of the molecule is Cl.O=S(Cc1cncs1)CC1CCNC1. The van der Waals surface area contributed by atoms with Crippen molar-refractivity contribution >= 4 is 34.5 Å². The number of hydrogen-bond acceptors (Lipinski definition) is 4. The van der Waals surface area contributed by atoms with Crippen LogP contribution >= 0.6 is 23.7 Å². The van der Waals surface area contributed by atoms with Crippen molar-refractivity contribution < 1.29 is 4.21 Å². The summed E-state index contributed by atoms with van der Waals surface area (Å²) >= 11 is 1.59. The number of nitrogens with zero attached hydrogens (tertiary/aromatic N) is 1. The molecule has 1 N–H and O–H groups in total. The van der Waals surface area contributed by atoms with E-state index in [4.69, 9.17) is 0 Å². The van der Waals surface area contributed by atoms with Crippen LogP contribution in [0.25, 0.3) is 0 Å². The van der Waals surface area contributed by atoms with Gasteiger partial charge in [0, 0.05) is 27.6 Å². The van der Waals surface area contributed by atoms with Crippen LogP contribution in [0.3, 0.4) is 0 Å². The van der Waals surface area contributed by atoms with E-state index in [0.717, 1.165) is 23.7 Å². The van der Waals surface area contributed by atoms with E-state index in [1.54, 1.807) is 16.8 Å². The van der Waals surface area contributed by atoms with Crippen LogP contribution < -0.4 is 5.32 Å². The number of aromatic nitrogens is 1. The van der Waals surface area contributed by atoms with Crippen molar-refractivity contribution in [2.24, 2.45) is 5.92 Å². The summed E-state index contributed by atoms with van der Waals surface area (Å²) in [5.74, 6) is 2.13. The standard InChI is InChI=1S/C9H14N2OS2.ClH/c12-14(5-8-1-2-10-3-8)6-9-4-11-7-13-9;/h4,7-8,10H,1-3,5-6H2;1H. The molecule has 1 aliphatic heterocycles. The van der Waals surface area contributed by atoms with Gasteiger partial charge in [0.2, 0.25) is 0 Å². The van der Waals surface area contributed by atoms with Gasteiger partial charge in [0.15, 0.2) is 0 Å². The van der Waals surface area contributed by atoms with E-state index in [-0.39, 0.29) is 12.4 Å². The normalized spacial score (nSPS) is 22.3. The Morgan fingerprint density at radius 2 is 2.53 bits per heavy atom. The number of hydrogen-bond donors (Lipinski definition) is 1. The summed E-state index contributed by atoms with van der Waals surface area (Å²) in [5, 5.41) is 3.29. The van der Waals surface area contributed by atoms with Crippen molar-refractivity contribution in [2.45, 2.75) is 12.2 Å². The average molecular weight is 267 g/mol. The van der Waals surface area contributed by atoms with Crippen molar-refractivity contribution in [3.63, 3.8) is 0 Å². The maximum absolute atomic E-state index is 11.7. The van der Waals surface area contributed by atoms with Crippen LogP contribution in [0.2, 0.25) is 0 Å². The molecule has 1 aromatic heterocycles. The summed E-state index contributed by atoms with van der Waals surface area (Å²) in [6.07, 6.45) is 2.99. The van der Waals surface area contributed by atoms with Gasteiger partial charge in [0.1, 0.15) is 0 Å². The summed E-state index contributed by atoms with van der Waals surface area (Å²) in [7, 11) is -0.709. The Labute approximate surface area is 103 Å². The highest BCUT2D eigenvalue weighted by molar-refractivity contribution is 7.84. The lowest BCUT2D eigenvalue weighted by Gasteiger charge is -2.06. The van der Waals surface area contributed by atoms with Gasteiger partial charge < -0.3 is 5.32 Å². The number of thiazole rings is 1. The van der Waals surface area contributed by atoms with Gasteiger partial charge in [-0.2, -0.15) is 0 Å². The number of halogens is 1. The summed E-state index contributed by atoms with van der Waals surface area (Å²) in [4.78, 5) is 5.11. The van der Waals surface area contributed by atoms with Crippen LogP contribution in [-0.4, -0.2) is 28.0 Å². The fraction of sp³-hybridized carbons (Fsp3) is 0.667. The third-order valence-corrected chi connectivity index (χ3v) is 4.81. The lowest BCUT2D eigenvalue weighted by atomic mass is 10.2. The Kier molecular flexibility index (Phi) is 5.74. The van der Waals surface area contributed by atoms with Gasteiger partial charge in [0.25, 0.3) is 0 Å². The largest absolute Gasteiger partial charge is 0.316 e. The van der Waals surface area contributed by atoms with Gasteiger partial charge in [-0.3, -0.25) is 9.19 Å². The molecule has 0 bridgehead atoms. The van der Waals surface area contributed by atoms with E-state index in [0.29, 0.717) is 11.7 Å². The molecule has 2 atom stereocenters. The molecule has 3 nitrogen and oxygen atoms in total. The molecule has 1 saturated heterocycles. The van der Waals surface area contributed by atoms with Crippen LogP contribution in [0.5, 0.6) is 0 Å². The molecule has 15 heavy (non-hydrogen) atoms. The Bertz CT molecular complexity index is 299. The molecule has 2 heterocycles. The van der Waals surface area contributed by atoms with E-state index >= 15 is 0 Å². The lowest BCUT2D eigenvalue weighted by molar-refractivity contribution is 0.632. The lowest BCUT2D eigenvalue weighted by Crippen LogP contribution is -2.15. The second-order valence-electron chi connectivity index (χ2n) is 3.58. The van der Waals surface area contributed by atoms with Crippen molar-refractivity contribution in [3.05, 3.63) is 16.6 Å². The van der Waals surface area contributed by atoms with Crippen LogP contribution in [-0.2, 0) is 16.6 Å². The second kappa shape index (κ2) is 6.58. The fourth-order valence-electron chi connectivity index (χ4n) is 1.65. The molecule has 2 unspecified atom stereocenters. The molecule has 0 amide bonds. The quantitative estimate of drug-likeness (QED) is 0.896. The Hall–Kier alpha value is 0.0300. The minimum absolute atomic E-state index is 0. The van der Waals surface area contributed by atoms with Gasteiger partial charge in [-0.1, -0.05) is 0 Å². The van der Waals surface area contributed by atoms with Gasteiger partial charge in [-0.15, -0.1) is 23.7 Å². The molecule has 2 rings (SSSR count). The molecule has 0 aliphatic carbocycles. The zero-order chi connectivity index (χ0) is 9.80. The van der Waals surface area contributed by atoms with Crippen molar-refractivity contribution in [1.82, 2.24) is 10.3 Å². The second-order valence-corrected chi connectivity index (χ2v) is 6.05. The molecular formula is C9H15ClN2OS2. The zero-order valence-corrected chi connectivity index (χ0v) is 10.8. The Morgan fingerprint density at radius 3 is 3.13 bits per heavy atom. The van der Waals surface area contributed by atoms with E-state index < -0.39 is 10.8 Å². The maximum Gasteiger partial charge on any atom is 0.0794 e. The highest BCUT2D eigenvalue weighted by atomic mass is 35.5. The first-order chi connectivity index (χ1) is 6.84. The number of nitrogens with one attached hydrogen (secondary N) is 1. The van der Waals surface area contributed by atoms with Crippen LogP contribution in [0.15, 0.2) is 11.7 Å². The third-order valence-electron chi connectivity index (χ3n) is 2.37. The minimum atomic E-state index is -0.709. The summed E-state index contributed by atoms with van der Waals surface area (Å²) in [5.41, 5.74) is 1.80. The van der Waals surface area contributed by atoms with E-state index in [2.05, 4.69) is 10.3 Å². The maximum atomic E-state index is 11.7. The Balaban J connectivity index is 0.00000112. The molecule has 1 aliphatic rings. The molecule has 0 radical (unpaired) electrons. The van der Waals surface area contributed by atoms with Gasteiger partial charge in [0.05, 0.1) is 11.3 Å². The number of rotatable bonds is 4. The predicted octanol–water partition coefficient (Wildman–Crippen LogP) is 1.42. The van der Waals surface area contributed by atoms with Crippen molar-refractivity contribution in [3.8, 4) is 0 Å². The zero-order valence-electron chi connectivity index (χ0n) is 8.35.